The summed E-state index contributed by atoms with van der Waals surface area (Å²) in [6, 6.07) is 0.384. The maximum atomic E-state index is 12.0. The van der Waals surface area contributed by atoms with Crippen LogP contribution in [-0.4, -0.2) is 47.8 Å². The first-order chi connectivity index (χ1) is 9.25. The van der Waals surface area contributed by atoms with Crippen molar-refractivity contribution in [3.05, 3.63) is 0 Å². The van der Waals surface area contributed by atoms with Gasteiger partial charge in [-0.3, -0.25) is 9.69 Å². The van der Waals surface area contributed by atoms with E-state index in [-0.39, 0.29) is 23.1 Å². The lowest BCUT2D eigenvalue weighted by Crippen LogP contribution is -2.51. The van der Waals surface area contributed by atoms with E-state index in [1.165, 1.54) is 0 Å². The molecule has 0 radical (unpaired) electrons. The van der Waals surface area contributed by atoms with Gasteiger partial charge in [-0.05, 0) is 60.4 Å². The number of esters is 1. The van der Waals surface area contributed by atoms with Crippen LogP contribution < -0.4 is 0 Å². The fourth-order valence-electron chi connectivity index (χ4n) is 3.84. The van der Waals surface area contributed by atoms with E-state index in [4.69, 9.17) is 9.47 Å². The Labute approximate surface area is 122 Å². The van der Waals surface area contributed by atoms with E-state index in [1.54, 1.807) is 0 Å². The maximum absolute atomic E-state index is 12.0. The summed E-state index contributed by atoms with van der Waals surface area (Å²) in [4.78, 5) is 14.4. The van der Waals surface area contributed by atoms with Gasteiger partial charge in [-0.2, -0.15) is 0 Å². The van der Waals surface area contributed by atoms with Gasteiger partial charge >= 0.3 is 5.97 Å². The Hall–Kier alpha value is -0.610. The highest BCUT2D eigenvalue weighted by Crippen LogP contribution is 2.41. The third kappa shape index (κ3) is 3.34. The number of hydrogen-bond acceptors (Lipinski definition) is 4. The predicted molar refractivity (Wildman–Crippen MR) is 78.6 cm³/mol. The summed E-state index contributed by atoms with van der Waals surface area (Å²) < 4.78 is 11.4. The highest BCUT2D eigenvalue weighted by Gasteiger charge is 2.49. The molecule has 20 heavy (non-hydrogen) atoms. The van der Waals surface area contributed by atoms with Crippen LogP contribution in [0.25, 0.3) is 0 Å². The second-order valence-corrected chi connectivity index (χ2v) is 7.27. The van der Waals surface area contributed by atoms with Gasteiger partial charge in [0.05, 0.1) is 23.7 Å². The van der Waals surface area contributed by atoms with Crippen LogP contribution in [0.1, 0.15) is 53.9 Å². The predicted octanol–water partition coefficient (Wildman–Crippen LogP) is 2.61. The zero-order valence-electron chi connectivity index (χ0n) is 13.6. The molecule has 0 amide bonds. The molecule has 2 heterocycles. The second kappa shape index (κ2) is 5.64. The van der Waals surface area contributed by atoms with Crippen molar-refractivity contribution in [2.45, 2.75) is 71.1 Å². The molecule has 0 aromatic rings. The van der Waals surface area contributed by atoms with Crippen molar-refractivity contribution in [1.29, 1.82) is 0 Å². The zero-order chi connectivity index (χ0) is 15.0. The van der Waals surface area contributed by atoms with Gasteiger partial charge in [-0.25, -0.2) is 0 Å². The van der Waals surface area contributed by atoms with Crippen molar-refractivity contribution in [3.63, 3.8) is 0 Å². The zero-order valence-corrected chi connectivity index (χ0v) is 13.6. The molecule has 2 aliphatic heterocycles. The smallest absolute Gasteiger partial charge is 0.310 e. The summed E-state index contributed by atoms with van der Waals surface area (Å²) in [6.45, 7) is 12.9. The van der Waals surface area contributed by atoms with E-state index >= 15 is 0 Å². The number of carbonyl (C=O) groups is 1. The minimum absolute atomic E-state index is 0.0308. The molecule has 2 saturated heterocycles. The summed E-state index contributed by atoms with van der Waals surface area (Å²) in [6.07, 6.45) is 3.04. The Kier molecular flexibility index (Phi) is 4.45. The molecule has 2 aliphatic rings. The number of rotatable bonds is 3. The first-order valence-corrected chi connectivity index (χ1v) is 7.86. The topological polar surface area (TPSA) is 38.8 Å². The number of hydrogen-bond donors (Lipinski definition) is 0. The minimum Gasteiger partial charge on any atom is -0.466 e. The minimum atomic E-state index is -0.153. The number of ether oxygens (including phenoxy) is 2. The standard InChI is InChI=1S/C16H29NO3/c1-6-19-14(18)12-8-7-9-17(11-12)13-10-15(2,3)20-16(13,4)5/h12-13H,6-11H2,1-5H3/t12-,13?/m0/s1. The van der Waals surface area contributed by atoms with Gasteiger partial charge in [-0.15, -0.1) is 0 Å². The average Bonchev–Trinajstić information content (AvgIpc) is 2.58. The number of likely N-dealkylation sites (tertiary alicyclic amines) is 1. The van der Waals surface area contributed by atoms with Crippen LogP contribution >= 0.6 is 0 Å². The van der Waals surface area contributed by atoms with Crippen LogP contribution in [0.4, 0.5) is 0 Å². The van der Waals surface area contributed by atoms with Crippen molar-refractivity contribution >= 4 is 5.97 Å². The molecule has 0 N–H and O–H groups in total. The lowest BCUT2D eigenvalue weighted by atomic mass is 9.89. The Bertz CT molecular complexity index is 365. The van der Waals surface area contributed by atoms with Crippen LogP contribution in [0.5, 0.6) is 0 Å². The van der Waals surface area contributed by atoms with Crippen LogP contribution in [-0.2, 0) is 14.3 Å². The van der Waals surface area contributed by atoms with E-state index in [1.807, 2.05) is 6.92 Å². The van der Waals surface area contributed by atoms with Gasteiger partial charge in [0.15, 0.2) is 0 Å². The van der Waals surface area contributed by atoms with Crippen molar-refractivity contribution in [2.24, 2.45) is 5.92 Å². The van der Waals surface area contributed by atoms with Crippen LogP contribution in [0, 0.1) is 5.92 Å². The molecule has 0 bridgehead atoms. The molecular formula is C16H29NO3. The van der Waals surface area contributed by atoms with Crippen molar-refractivity contribution in [3.8, 4) is 0 Å². The Morgan fingerprint density at radius 1 is 1.35 bits per heavy atom. The van der Waals surface area contributed by atoms with Gasteiger partial charge < -0.3 is 9.47 Å². The first-order valence-electron chi connectivity index (χ1n) is 7.86. The molecule has 0 saturated carbocycles. The summed E-state index contributed by atoms with van der Waals surface area (Å²) in [7, 11) is 0. The van der Waals surface area contributed by atoms with Gasteiger partial charge in [0.25, 0.3) is 0 Å². The molecule has 116 valence electrons. The van der Waals surface area contributed by atoms with Crippen molar-refractivity contribution in [1.82, 2.24) is 4.90 Å². The van der Waals surface area contributed by atoms with Crippen LogP contribution in [0.2, 0.25) is 0 Å². The molecule has 2 rings (SSSR count). The number of carbonyl (C=O) groups excluding carboxylic acids is 1. The van der Waals surface area contributed by atoms with Crippen LogP contribution in [0.15, 0.2) is 0 Å². The lowest BCUT2D eigenvalue weighted by molar-refractivity contribution is -0.151. The molecule has 0 aromatic heterocycles. The van der Waals surface area contributed by atoms with Gasteiger partial charge in [-0.1, -0.05) is 0 Å². The largest absolute Gasteiger partial charge is 0.466 e. The summed E-state index contributed by atoms with van der Waals surface area (Å²) in [5.41, 5.74) is -0.231. The average molecular weight is 283 g/mol. The van der Waals surface area contributed by atoms with Gasteiger partial charge in [0.1, 0.15) is 0 Å². The molecule has 2 fully saturated rings. The van der Waals surface area contributed by atoms with Crippen LogP contribution in [0.3, 0.4) is 0 Å². The summed E-state index contributed by atoms with van der Waals surface area (Å²) in [5.74, 6) is -0.00334. The van der Waals surface area contributed by atoms with E-state index in [9.17, 15) is 4.79 Å². The molecule has 0 aliphatic carbocycles. The van der Waals surface area contributed by atoms with Crippen molar-refractivity contribution < 1.29 is 14.3 Å². The molecule has 4 nitrogen and oxygen atoms in total. The Morgan fingerprint density at radius 3 is 2.60 bits per heavy atom. The van der Waals surface area contributed by atoms with Gasteiger partial charge in [0, 0.05) is 12.6 Å². The highest BCUT2D eigenvalue weighted by atomic mass is 16.5. The fraction of sp³-hybridized carbons (Fsp3) is 0.938. The number of piperidine rings is 1. The third-order valence-electron chi connectivity index (χ3n) is 4.54. The second-order valence-electron chi connectivity index (χ2n) is 7.27. The summed E-state index contributed by atoms with van der Waals surface area (Å²) in [5, 5.41) is 0. The summed E-state index contributed by atoms with van der Waals surface area (Å²) >= 11 is 0. The van der Waals surface area contributed by atoms with E-state index in [0.717, 1.165) is 32.4 Å². The Morgan fingerprint density at radius 2 is 2.05 bits per heavy atom. The molecule has 4 heteroatoms. The lowest BCUT2D eigenvalue weighted by Gasteiger charge is -2.40. The monoisotopic (exact) mass is 283 g/mol. The van der Waals surface area contributed by atoms with Crippen molar-refractivity contribution in [2.75, 3.05) is 19.7 Å². The SMILES string of the molecule is CCOC(=O)[C@H]1CCCN(C2CC(C)(C)OC2(C)C)C1. The third-order valence-corrected chi connectivity index (χ3v) is 4.54. The van der Waals surface area contributed by atoms with E-state index in [0.29, 0.717) is 12.6 Å². The van der Waals surface area contributed by atoms with E-state index in [2.05, 4.69) is 32.6 Å². The van der Waals surface area contributed by atoms with E-state index < -0.39 is 0 Å². The molecule has 2 atom stereocenters. The molecule has 1 unspecified atom stereocenters. The first kappa shape index (κ1) is 15.8. The molecule has 0 spiro atoms. The fourth-order valence-corrected chi connectivity index (χ4v) is 3.84. The molecule has 0 aromatic carbocycles. The number of nitrogens with zero attached hydrogens (tertiary/aromatic N) is 1. The quantitative estimate of drug-likeness (QED) is 0.746. The maximum Gasteiger partial charge on any atom is 0.310 e. The Balaban J connectivity index is 2.04. The molecular weight excluding hydrogens is 254 g/mol. The van der Waals surface area contributed by atoms with Gasteiger partial charge in [0.2, 0.25) is 0 Å². The highest BCUT2D eigenvalue weighted by molar-refractivity contribution is 5.72. The normalized spacial score (nSPS) is 33.0.